The molecule has 0 saturated carbocycles. The molecular formula is C17H18N2O2S. The molecule has 114 valence electrons. The van der Waals surface area contributed by atoms with Gasteiger partial charge in [0.1, 0.15) is 0 Å². The van der Waals surface area contributed by atoms with Crippen molar-refractivity contribution >= 4 is 23.6 Å². The zero-order valence-corrected chi connectivity index (χ0v) is 13.5. The molecule has 0 bridgehead atoms. The molecule has 0 N–H and O–H groups in total. The number of rotatable bonds is 4. The standard InChI is InChI=1S/C17H18N2O2S/c1-12-15(9-13-10-18-19(11-13)7-8-21-2)17(20)14-5-3-4-6-16(14)22-12/h3-6,9-12H,7-8H2,1-2H3/b15-9-/t12-/m1/s1. The first-order chi connectivity index (χ1) is 10.7. The average Bonchev–Trinajstić information content (AvgIpc) is 2.97. The molecule has 0 saturated heterocycles. The van der Waals surface area contributed by atoms with Crippen molar-refractivity contribution in [3.63, 3.8) is 0 Å². The van der Waals surface area contributed by atoms with E-state index in [1.807, 2.05) is 41.2 Å². The lowest BCUT2D eigenvalue weighted by atomic mass is 9.99. The van der Waals surface area contributed by atoms with Crippen molar-refractivity contribution in [1.82, 2.24) is 9.78 Å². The molecule has 0 unspecified atom stereocenters. The molecule has 0 amide bonds. The van der Waals surface area contributed by atoms with Crippen molar-refractivity contribution in [3.05, 3.63) is 53.4 Å². The minimum atomic E-state index is 0.117. The Labute approximate surface area is 134 Å². The maximum Gasteiger partial charge on any atom is 0.191 e. The van der Waals surface area contributed by atoms with E-state index in [-0.39, 0.29) is 11.0 Å². The fourth-order valence-electron chi connectivity index (χ4n) is 2.47. The number of benzene rings is 1. The van der Waals surface area contributed by atoms with Crippen LogP contribution in [-0.4, -0.2) is 34.5 Å². The van der Waals surface area contributed by atoms with E-state index < -0.39 is 0 Å². The van der Waals surface area contributed by atoms with E-state index in [4.69, 9.17) is 4.74 Å². The Morgan fingerprint density at radius 3 is 3.05 bits per heavy atom. The molecule has 1 atom stereocenters. The Balaban J connectivity index is 1.88. The molecule has 5 heteroatoms. The van der Waals surface area contributed by atoms with Crippen LogP contribution in [0.15, 0.2) is 47.1 Å². The van der Waals surface area contributed by atoms with Crippen LogP contribution in [0.1, 0.15) is 22.8 Å². The van der Waals surface area contributed by atoms with Crippen LogP contribution in [-0.2, 0) is 11.3 Å². The summed E-state index contributed by atoms with van der Waals surface area (Å²) in [4.78, 5) is 13.7. The Morgan fingerprint density at radius 2 is 2.23 bits per heavy atom. The van der Waals surface area contributed by atoms with Crippen molar-refractivity contribution < 1.29 is 9.53 Å². The number of Topliss-reactive ketones (excluding diaryl/α,β-unsaturated/α-hetero) is 1. The van der Waals surface area contributed by atoms with Gasteiger partial charge in [-0.05, 0) is 25.1 Å². The highest BCUT2D eigenvalue weighted by molar-refractivity contribution is 8.00. The fourth-order valence-corrected chi connectivity index (χ4v) is 3.60. The topological polar surface area (TPSA) is 44.1 Å². The predicted octanol–water partition coefficient (Wildman–Crippen LogP) is 3.29. The molecule has 4 nitrogen and oxygen atoms in total. The molecule has 0 radical (unpaired) electrons. The Hall–Kier alpha value is -1.85. The van der Waals surface area contributed by atoms with Gasteiger partial charge in [-0.2, -0.15) is 5.10 Å². The summed E-state index contributed by atoms with van der Waals surface area (Å²) in [6.07, 6.45) is 5.68. The number of hydrogen-bond donors (Lipinski definition) is 0. The van der Waals surface area contributed by atoms with Crippen LogP contribution in [0.4, 0.5) is 0 Å². The van der Waals surface area contributed by atoms with Crippen LogP contribution < -0.4 is 0 Å². The SMILES string of the molecule is COCCn1cc(/C=C2\C(=O)c3ccccc3S[C@@H]2C)cn1. The number of carbonyl (C=O) groups excluding carboxylic acids is 1. The molecule has 0 fully saturated rings. The summed E-state index contributed by atoms with van der Waals surface area (Å²) < 4.78 is 6.87. The van der Waals surface area contributed by atoms with E-state index in [0.717, 1.165) is 21.6 Å². The van der Waals surface area contributed by atoms with Gasteiger partial charge in [0.25, 0.3) is 0 Å². The first-order valence-electron chi connectivity index (χ1n) is 7.22. The average molecular weight is 314 g/mol. The second-order valence-corrected chi connectivity index (χ2v) is 6.60. The number of methoxy groups -OCH3 is 1. The van der Waals surface area contributed by atoms with Gasteiger partial charge < -0.3 is 4.74 Å². The lowest BCUT2D eigenvalue weighted by Gasteiger charge is -2.22. The largest absolute Gasteiger partial charge is 0.383 e. The van der Waals surface area contributed by atoms with E-state index in [9.17, 15) is 4.79 Å². The van der Waals surface area contributed by atoms with E-state index >= 15 is 0 Å². The highest BCUT2D eigenvalue weighted by Gasteiger charge is 2.27. The maximum atomic E-state index is 12.7. The molecule has 2 heterocycles. The minimum Gasteiger partial charge on any atom is -0.383 e. The molecule has 3 rings (SSSR count). The van der Waals surface area contributed by atoms with Crippen molar-refractivity contribution in [3.8, 4) is 0 Å². The second-order valence-electron chi connectivity index (χ2n) is 5.21. The summed E-state index contributed by atoms with van der Waals surface area (Å²) in [6.45, 7) is 3.40. The lowest BCUT2D eigenvalue weighted by molar-refractivity contribution is 0.102. The number of nitrogens with zero attached hydrogens (tertiary/aromatic N) is 2. The van der Waals surface area contributed by atoms with Crippen molar-refractivity contribution in [2.75, 3.05) is 13.7 Å². The summed E-state index contributed by atoms with van der Waals surface area (Å²) >= 11 is 1.73. The molecule has 1 aromatic heterocycles. The molecule has 1 aliphatic heterocycles. The lowest BCUT2D eigenvalue weighted by Crippen LogP contribution is -2.18. The normalized spacial score (nSPS) is 19.5. The first-order valence-corrected chi connectivity index (χ1v) is 8.10. The molecule has 1 aromatic carbocycles. The third-order valence-electron chi connectivity index (χ3n) is 3.64. The van der Waals surface area contributed by atoms with Crippen LogP contribution in [0.25, 0.3) is 6.08 Å². The van der Waals surface area contributed by atoms with Gasteiger partial charge in [0.15, 0.2) is 5.78 Å². The monoisotopic (exact) mass is 314 g/mol. The van der Waals surface area contributed by atoms with Gasteiger partial charge in [0.05, 0.1) is 19.3 Å². The van der Waals surface area contributed by atoms with E-state index in [2.05, 4.69) is 12.0 Å². The number of ketones is 1. The molecule has 22 heavy (non-hydrogen) atoms. The van der Waals surface area contributed by atoms with Gasteiger partial charge in [0, 0.05) is 40.2 Å². The number of fused-ring (bicyclic) bond motifs is 1. The number of ether oxygens (including phenoxy) is 1. The molecular weight excluding hydrogens is 296 g/mol. The van der Waals surface area contributed by atoms with Crippen LogP contribution in [0.5, 0.6) is 0 Å². The van der Waals surface area contributed by atoms with Gasteiger partial charge in [0.2, 0.25) is 0 Å². The smallest absolute Gasteiger partial charge is 0.191 e. The van der Waals surface area contributed by atoms with Crippen LogP contribution in [0.2, 0.25) is 0 Å². The first kappa shape index (κ1) is 15.1. The molecule has 2 aromatic rings. The highest BCUT2D eigenvalue weighted by Crippen LogP contribution is 2.38. The fraction of sp³-hybridized carbons (Fsp3) is 0.294. The number of carbonyl (C=O) groups is 1. The number of aromatic nitrogens is 2. The molecule has 0 spiro atoms. The van der Waals surface area contributed by atoms with Crippen molar-refractivity contribution in [2.45, 2.75) is 23.6 Å². The second kappa shape index (κ2) is 6.50. The van der Waals surface area contributed by atoms with Crippen molar-refractivity contribution in [1.29, 1.82) is 0 Å². The maximum absolute atomic E-state index is 12.7. The van der Waals surface area contributed by atoms with E-state index in [1.54, 1.807) is 25.1 Å². The molecule has 0 aliphatic carbocycles. The van der Waals surface area contributed by atoms with Gasteiger partial charge in [-0.1, -0.05) is 12.1 Å². The quantitative estimate of drug-likeness (QED) is 0.812. The van der Waals surface area contributed by atoms with Crippen molar-refractivity contribution in [2.24, 2.45) is 0 Å². The van der Waals surface area contributed by atoms with Gasteiger partial charge in [-0.15, -0.1) is 11.8 Å². The van der Waals surface area contributed by atoms with E-state index in [1.165, 1.54) is 0 Å². The van der Waals surface area contributed by atoms with Gasteiger partial charge in [-0.3, -0.25) is 9.48 Å². The minimum absolute atomic E-state index is 0.117. The van der Waals surface area contributed by atoms with Gasteiger partial charge >= 0.3 is 0 Å². The summed E-state index contributed by atoms with van der Waals surface area (Å²) in [5.41, 5.74) is 2.57. The Morgan fingerprint density at radius 1 is 1.41 bits per heavy atom. The zero-order valence-electron chi connectivity index (χ0n) is 12.7. The zero-order chi connectivity index (χ0) is 15.5. The summed E-state index contributed by atoms with van der Waals surface area (Å²) in [5.74, 6) is 0.117. The summed E-state index contributed by atoms with van der Waals surface area (Å²) in [6, 6.07) is 7.79. The third kappa shape index (κ3) is 3.00. The highest BCUT2D eigenvalue weighted by atomic mass is 32.2. The van der Waals surface area contributed by atoms with Crippen LogP contribution >= 0.6 is 11.8 Å². The van der Waals surface area contributed by atoms with Gasteiger partial charge in [-0.25, -0.2) is 0 Å². The number of thioether (sulfide) groups is 1. The Kier molecular flexibility index (Phi) is 4.45. The summed E-state index contributed by atoms with van der Waals surface area (Å²) in [7, 11) is 1.67. The Bertz CT molecular complexity index is 721. The van der Waals surface area contributed by atoms with Crippen LogP contribution in [0.3, 0.4) is 0 Å². The van der Waals surface area contributed by atoms with E-state index in [0.29, 0.717) is 13.2 Å². The van der Waals surface area contributed by atoms with Crippen LogP contribution in [0, 0.1) is 0 Å². The summed E-state index contributed by atoms with van der Waals surface area (Å²) in [5, 5.41) is 4.43. The predicted molar refractivity (Wildman–Crippen MR) is 88.2 cm³/mol. The molecule has 1 aliphatic rings. The number of hydrogen-bond acceptors (Lipinski definition) is 4. The third-order valence-corrected chi connectivity index (χ3v) is 4.85.